The largest absolute Gasteiger partial charge is 0.389 e. The molecular formula is C11H21N3O3. The number of ether oxygens (including phenoxy) is 1. The van der Waals surface area contributed by atoms with E-state index in [1.54, 1.807) is 11.0 Å². The molecule has 0 bridgehead atoms. The molecule has 2 atom stereocenters. The van der Waals surface area contributed by atoms with Gasteiger partial charge in [0.2, 0.25) is 0 Å². The van der Waals surface area contributed by atoms with Gasteiger partial charge in [-0.1, -0.05) is 6.08 Å². The number of carbonyl (C=O) groups excluding carboxylic acids is 1. The van der Waals surface area contributed by atoms with Crippen molar-refractivity contribution in [3.05, 3.63) is 12.7 Å². The van der Waals surface area contributed by atoms with Crippen molar-refractivity contribution < 1.29 is 14.6 Å². The summed E-state index contributed by atoms with van der Waals surface area (Å²) in [4.78, 5) is 13.0. The second-order valence-corrected chi connectivity index (χ2v) is 3.99. The van der Waals surface area contributed by atoms with E-state index >= 15 is 0 Å². The molecule has 1 saturated heterocycles. The maximum atomic E-state index is 11.3. The highest BCUT2D eigenvalue weighted by Crippen LogP contribution is 2.01. The summed E-state index contributed by atoms with van der Waals surface area (Å²) in [5.41, 5.74) is 0. The monoisotopic (exact) mass is 243 g/mol. The molecule has 1 fully saturated rings. The molecule has 6 nitrogen and oxygen atoms in total. The number of hydrogen-bond acceptors (Lipinski definition) is 4. The number of rotatable bonds is 8. The van der Waals surface area contributed by atoms with Crippen LogP contribution in [0, 0.1) is 0 Å². The molecular weight excluding hydrogens is 222 g/mol. The van der Waals surface area contributed by atoms with Crippen LogP contribution < -0.4 is 10.6 Å². The van der Waals surface area contributed by atoms with Crippen molar-refractivity contribution in [2.24, 2.45) is 0 Å². The number of aliphatic hydroxyl groups is 1. The zero-order valence-corrected chi connectivity index (χ0v) is 10.2. The molecule has 6 heteroatoms. The lowest BCUT2D eigenvalue weighted by Gasteiger charge is -2.25. The van der Waals surface area contributed by atoms with E-state index in [1.807, 2.05) is 6.92 Å². The van der Waals surface area contributed by atoms with E-state index in [-0.39, 0.29) is 18.8 Å². The molecule has 0 radical (unpaired) electrons. The molecule has 0 aromatic carbocycles. The summed E-state index contributed by atoms with van der Waals surface area (Å²) in [5.74, 6) is 0. The Labute approximate surface area is 102 Å². The molecule has 0 spiro atoms. The van der Waals surface area contributed by atoms with Crippen LogP contribution in [0.3, 0.4) is 0 Å². The van der Waals surface area contributed by atoms with Crippen LogP contribution in [0.4, 0.5) is 4.79 Å². The molecule has 0 aromatic rings. The molecule has 1 aliphatic heterocycles. The van der Waals surface area contributed by atoms with Crippen molar-refractivity contribution in [2.75, 3.05) is 32.8 Å². The Balaban J connectivity index is 2.16. The van der Waals surface area contributed by atoms with Crippen molar-refractivity contribution in [1.29, 1.82) is 0 Å². The lowest BCUT2D eigenvalue weighted by atomic mass is 10.3. The van der Waals surface area contributed by atoms with E-state index in [9.17, 15) is 9.90 Å². The summed E-state index contributed by atoms with van der Waals surface area (Å²) < 4.78 is 5.12. The minimum absolute atomic E-state index is 0.0672. The maximum Gasteiger partial charge on any atom is 0.318 e. The van der Waals surface area contributed by atoms with Crippen LogP contribution >= 0.6 is 0 Å². The average Bonchev–Trinajstić information content (AvgIpc) is 2.73. The van der Waals surface area contributed by atoms with Gasteiger partial charge in [-0.2, -0.15) is 0 Å². The molecule has 1 aliphatic rings. The number of nitrogens with zero attached hydrogens (tertiary/aromatic N) is 1. The van der Waals surface area contributed by atoms with Crippen LogP contribution in [0.15, 0.2) is 12.7 Å². The molecule has 1 heterocycles. The first-order chi connectivity index (χ1) is 8.15. The van der Waals surface area contributed by atoms with Crippen molar-refractivity contribution in [3.63, 3.8) is 0 Å². The molecule has 0 aliphatic carbocycles. The van der Waals surface area contributed by atoms with Gasteiger partial charge in [0.15, 0.2) is 0 Å². The van der Waals surface area contributed by atoms with Gasteiger partial charge in [0.05, 0.1) is 25.5 Å². The van der Waals surface area contributed by atoms with E-state index in [2.05, 4.69) is 17.2 Å². The maximum absolute atomic E-state index is 11.3. The highest BCUT2D eigenvalue weighted by atomic mass is 16.5. The Morgan fingerprint density at radius 2 is 2.53 bits per heavy atom. The minimum atomic E-state index is -0.580. The average molecular weight is 243 g/mol. The van der Waals surface area contributed by atoms with Gasteiger partial charge in [0.1, 0.15) is 0 Å². The van der Waals surface area contributed by atoms with Gasteiger partial charge in [-0.05, 0) is 6.92 Å². The van der Waals surface area contributed by atoms with Gasteiger partial charge in [0, 0.05) is 19.6 Å². The van der Waals surface area contributed by atoms with Crippen molar-refractivity contribution >= 4 is 6.03 Å². The molecule has 17 heavy (non-hydrogen) atoms. The number of urea groups is 1. The Kier molecular flexibility index (Phi) is 5.96. The number of carbonyl (C=O) groups is 1. The quantitative estimate of drug-likeness (QED) is 0.397. The van der Waals surface area contributed by atoms with Gasteiger partial charge in [-0.25, -0.2) is 4.79 Å². The summed E-state index contributed by atoms with van der Waals surface area (Å²) >= 11 is 0. The Morgan fingerprint density at radius 3 is 3.12 bits per heavy atom. The van der Waals surface area contributed by atoms with Crippen molar-refractivity contribution in [1.82, 2.24) is 15.5 Å². The van der Waals surface area contributed by atoms with Gasteiger partial charge in [-0.3, -0.25) is 5.32 Å². The minimum Gasteiger partial charge on any atom is -0.389 e. The zero-order chi connectivity index (χ0) is 12.7. The highest BCUT2D eigenvalue weighted by molar-refractivity contribution is 5.76. The van der Waals surface area contributed by atoms with Gasteiger partial charge >= 0.3 is 6.03 Å². The van der Waals surface area contributed by atoms with Crippen LogP contribution in [0.2, 0.25) is 0 Å². The van der Waals surface area contributed by atoms with E-state index in [4.69, 9.17) is 4.74 Å². The van der Waals surface area contributed by atoms with Gasteiger partial charge < -0.3 is 20.1 Å². The molecule has 1 rings (SSSR count). The fourth-order valence-electron chi connectivity index (χ4n) is 1.62. The normalized spacial score (nSPS) is 18.9. The second-order valence-electron chi connectivity index (χ2n) is 3.99. The van der Waals surface area contributed by atoms with Gasteiger partial charge in [-0.15, -0.1) is 6.58 Å². The third-order valence-corrected chi connectivity index (χ3v) is 2.55. The first-order valence-electron chi connectivity index (χ1n) is 5.79. The Hall–Kier alpha value is -1.11. The topological polar surface area (TPSA) is 73.8 Å². The predicted molar refractivity (Wildman–Crippen MR) is 64.6 cm³/mol. The highest BCUT2D eigenvalue weighted by Gasteiger charge is 2.24. The first-order valence-corrected chi connectivity index (χ1v) is 5.79. The molecule has 0 saturated carbocycles. The number of aliphatic hydroxyl groups excluding tert-OH is 1. The second kappa shape index (κ2) is 7.26. The Morgan fingerprint density at radius 1 is 1.76 bits per heavy atom. The zero-order valence-electron chi connectivity index (χ0n) is 10.2. The molecule has 3 N–H and O–H groups in total. The van der Waals surface area contributed by atoms with E-state index < -0.39 is 6.10 Å². The van der Waals surface area contributed by atoms with Crippen LogP contribution in [0.1, 0.15) is 6.92 Å². The van der Waals surface area contributed by atoms with E-state index in [1.165, 1.54) is 0 Å². The fourth-order valence-corrected chi connectivity index (χ4v) is 1.62. The van der Waals surface area contributed by atoms with Crippen LogP contribution in [0.25, 0.3) is 0 Å². The summed E-state index contributed by atoms with van der Waals surface area (Å²) in [6.07, 6.45) is 0.965. The SMILES string of the molecule is C=CCOCC(O)CNC(C)N1CCNC1=O. The molecule has 2 amide bonds. The number of hydrogen-bond donors (Lipinski definition) is 3. The summed E-state index contributed by atoms with van der Waals surface area (Å²) in [7, 11) is 0. The molecule has 2 unspecified atom stereocenters. The Bertz CT molecular complexity index is 260. The van der Waals surface area contributed by atoms with Crippen LogP contribution in [-0.2, 0) is 4.74 Å². The number of amides is 2. The summed E-state index contributed by atoms with van der Waals surface area (Å²) in [6, 6.07) is -0.0672. The summed E-state index contributed by atoms with van der Waals surface area (Å²) in [5, 5.41) is 15.4. The van der Waals surface area contributed by atoms with Gasteiger partial charge in [0.25, 0.3) is 0 Å². The van der Waals surface area contributed by atoms with E-state index in [0.29, 0.717) is 26.2 Å². The van der Waals surface area contributed by atoms with Crippen LogP contribution in [0.5, 0.6) is 0 Å². The van der Waals surface area contributed by atoms with Crippen molar-refractivity contribution in [2.45, 2.75) is 19.2 Å². The van der Waals surface area contributed by atoms with E-state index in [0.717, 1.165) is 0 Å². The third kappa shape index (κ3) is 4.72. The van der Waals surface area contributed by atoms with Crippen molar-refractivity contribution in [3.8, 4) is 0 Å². The standard InChI is InChI=1S/C11H21N3O3/c1-3-6-17-8-10(15)7-13-9(2)14-5-4-12-11(14)16/h3,9-10,13,15H,1,4-8H2,2H3,(H,12,16). The lowest BCUT2D eigenvalue weighted by Crippen LogP contribution is -2.48. The smallest absolute Gasteiger partial charge is 0.318 e. The fraction of sp³-hybridized carbons (Fsp3) is 0.727. The van der Waals surface area contributed by atoms with Crippen LogP contribution in [-0.4, -0.2) is 61.2 Å². The number of nitrogens with one attached hydrogen (secondary N) is 2. The predicted octanol–water partition coefficient (Wildman–Crippen LogP) is -0.489. The molecule has 0 aromatic heterocycles. The summed E-state index contributed by atoms with van der Waals surface area (Å²) in [6.45, 7) is 7.86. The molecule has 98 valence electrons. The third-order valence-electron chi connectivity index (χ3n) is 2.55. The lowest BCUT2D eigenvalue weighted by molar-refractivity contribution is 0.0449. The first kappa shape index (κ1) is 14.0.